The molecule has 7 aromatic rings. The van der Waals surface area contributed by atoms with Crippen molar-refractivity contribution in [2.45, 2.75) is 6.92 Å². The van der Waals surface area contributed by atoms with E-state index >= 15 is 0 Å². The first-order valence-corrected chi connectivity index (χ1v) is 15.1. The van der Waals surface area contributed by atoms with Crippen LogP contribution in [0.3, 0.4) is 0 Å². The molecule has 0 fully saturated rings. The summed E-state index contributed by atoms with van der Waals surface area (Å²) in [6.45, 7) is 2.10. The molecule has 5 aromatic heterocycles. The van der Waals surface area contributed by atoms with Crippen LogP contribution in [0, 0.1) is 6.92 Å². The maximum absolute atomic E-state index is 5.98. The first-order valence-electron chi connectivity index (χ1n) is 12.3. The third-order valence-electron chi connectivity index (χ3n) is 6.09. The van der Waals surface area contributed by atoms with E-state index in [1.54, 1.807) is 53.9 Å². The topological polar surface area (TPSA) is 53.5 Å². The Bertz CT molecular complexity index is 1750. The summed E-state index contributed by atoms with van der Waals surface area (Å²) in [6, 6.07) is 20.8. The molecule has 2 aromatic carbocycles. The highest BCUT2D eigenvalue weighted by molar-refractivity contribution is 9.10. The Morgan fingerprint density at radius 3 is 1.73 bits per heavy atom. The average Bonchev–Trinajstić information content (AvgIpc) is 3.79. The highest BCUT2D eigenvalue weighted by Crippen LogP contribution is 2.38. The van der Waals surface area contributed by atoms with Crippen molar-refractivity contribution in [3.63, 3.8) is 0 Å². The van der Waals surface area contributed by atoms with E-state index < -0.39 is 0 Å². The van der Waals surface area contributed by atoms with Crippen LogP contribution in [0.4, 0.5) is 0 Å². The fourth-order valence-corrected chi connectivity index (χ4v) is 7.13. The van der Waals surface area contributed by atoms with Gasteiger partial charge in [-0.3, -0.25) is 9.13 Å². The third-order valence-corrected chi connectivity index (χ3v) is 9.59. The molecule has 40 heavy (non-hydrogen) atoms. The first kappa shape index (κ1) is 26.5. The smallest absolute Gasteiger partial charge is 0.125 e. The zero-order chi connectivity index (χ0) is 27.5. The molecule has 0 aliphatic heterocycles. The summed E-state index contributed by atoms with van der Waals surface area (Å²) >= 11 is 13.0. The van der Waals surface area contributed by atoms with E-state index in [4.69, 9.17) is 11.6 Å². The summed E-state index contributed by atoms with van der Waals surface area (Å²) in [5.74, 6) is 0. The van der Waals surface area contributed by atoms with Gasteiger partial charge in [0, 0.05) is 52.0 Å². The quantitative estimate of drug-likeness (QED) is 0.188. The first-order chi connectivity index (χ1) is 19.5. The van der Waals surface area contributed by atoms with Crippen molar-refractivity contribution in [1.82, 2.24) is 28.7 Å². The molecule has 0 aliphatic carbocycles. The molecule has 0 bridgehead atoms. The minimum Gasteiger partial charge on any atom is -0.303 e. The minimum atomic E-state index is 0.741. The Morgan fingerprint density at radius 1 is 0.650 bits per heavy atom. The Kier molecular flexibility index (Phi) is 7.79. The van der Waals surface area contributed by atoms with Crippen LogP contribution < -0.4 is 0 Å². The number of benzene rings is 2. The predicted octanol–water partition coefficient (Wildman–Crippen LogP) is 9.11. The lowest BCUT2D eigenvalue weighted by molar-refractivity contribution is 1.01. The van der Waals surface area contributed by atoms with Crippen LogP contribution in [0.5, 0.6) is 0 Å². The van der Waals surface area contributed by atoms with Crippen molar-refractivity contribution >= 4 is 50.2 Å². The normalized spacial score (nSPS) is 10.9. The van der Waals surface area contributed by atoms with Crippen LogP contribution in [0.25, 0.3) is 36.6 Å². The molecule has 0 amide bonds. The minimum absolute atomic E-state index is 0.741. The van der Waals surface area contributed by atoms with E-state index in [-0.39, 0.29) is 0 Å². The number of imidazole rings is 3. The third kappa shape index (κ3) is 5.73. The standard InChI is InChI=1S/C16H11ClN4S.C14H11BrN2S/c17-13-3-1-12(2-4-13)15-9-14(20-7-5-18-10-20)16(22-15)21-8-6-19-11-21;1-10-2-4-11(5-3-10)13-8-12(15)14(18-13)17-7-6-16-9-17/h1-11H;2-9H,1H3. The zero-order valence-corrected chi connectivity index (χ0v) is 25.2. The number of aryl methyl sites for hydroxylation is 1. The van der Waals surface area contributed by atoms with Crippen LogP contribution >= 0.6 is 50.2 Å². The molecule has 5 heterocycles. The van der Waals surface area contributed by atoms with Gasteiger partial charge in [0.2, 0.25) is 0 Å². The second-order valence-corrected chi connectivity index (χ2v) is 12.2. The molecule has 0 unspecified atom stereocenters. The molecule has 6 nitrogen and oxygen atoms in total. The number of hydrogen-bond donors (Lipinski definition) is 0. The van der Waals surface area contributed by atoms with Gasteiger partial charge in [-0.05, 0) is 58.2 Å². The number of hydrogen-bond acceptors (Lipinski definition) is 5. The number of rotatable bonds is 5. The molecule has 0 atom stereocenters. The van der Waals surface area contributed by atoms with Crippen molar-refractivity contribution in [1.29, 1.82) is 0 Å². The number of halogens is 2. The van der Waals surface area contributed by atoms with E-state index in [0.717, 1.165) is 30.7 Å². The molecule has 198 valence electrons. The molecule has 0 spiro atoms. The van der Waals surface area contributed by atoms with Gasteiger partial charge in [-0.2, -0.15) is 0 Å². The largest absolute Gasteiger partial charge is 0.303 e. The number of thiophene rings is 2. The highest BCUT2D eigenvalue weighted by Gasteiger charge is 2.14. The van der Waals surface area contributed by atoms with Gasteiger partial charge in [-0.25, -0.2) is 15.0 Å². The molecular formula is C30H22BrClN6S2. The van der Waals surface area contributed by atoms with Crippen LogP contribution in [0.2, 0.25) is 5.02 Å². The van der Waals surface area contributed by atoms with Crippen LogP contribution in [0.15, 0.2) is 121 Å². The van der Waals surface area contributed by atoms with Gasteiger partial charge in [0.15, 0.2) is 0 Å². The summed E-state index contributed by atoms with van der Waals surface area (Å²) in [4.78, 5) is 14.8. The van der Waals surface area contributed by atoms with Crippen molar-refractivity contribution < 1.29 is 0 Å². The van der Waals surface area contributed by atoms with Gasteiger partial charge in [0.05, 0.1) is 29.1 Å². The lowest BCUT2D eigenvalue weighted by Gasteiger charge is -2.03. The second-order valence-electron chi connectivity index (χ2n) is 8.85. The lowest BCUT2D eigenvalue weighted by Crippen LogP contribution is -1.95. The molecule has 10 heteroatoms. The summed E-state index contributed by atoms with van der Waals surface area (Å²) < 4.78 is 7.14. The molecule has 0 saturated heterocycles. The fraction of sp³-hybridized carbons (Fsp3) is 0.0333. The predicted molar refractivity (Wildman–Crippen MR) is 168 cm³/mol. The van der Waals surface area contributed by atoms with Crippen LogP contribution in [-0.4, -0.2) is 28.7 Å². The Hall–Kier alpha value is -3.76. The summed E-state index contributed by atoms with van der Waals surface area (Å²) in [6.07, 6.45) is 16.6. The number of nitrogens with zero attached hydrogens (tertiary/aromatic N) is 6. The summed E-state index contributed by atoms with van der Waals surface area (Å²) in [5.41, 5.74) is 4.74. The van der Waals surface area contributed by atoms with E-state index in [9.17, 15) is 0 Å². The van der Waals surface area contributed by atoms with Crippen molar-refractivity contribution in [2.75, 3.05) is 0 Å². The Labute approximate surface area is 253 Å². The van der Waals surface area contributed by atoms with E-state index in [0.29, 0.717) is 0 Å². The lowest BCUT2D eigenvalue weighted by atomic mass is 10.1. The number of aromatic nitrogens is 6. The molecular weight excluding hydrogens is 624 g/mol. The van der Waals surface area contributed by atoms with Gasteiger partial charge in [-0.15, -0.1) is 22.7 Å². The van der Waals surface area contributed by atoms with E-state index in [2.05, 4.69) is 74.2 Å². The molecule has 0 aliphatic rings. The molecule has 7 rings (SSSR count). The summed E-state index contributed by atoms with van der Waals surface area (Å²) in [7, 11) is 0. The zero-order valence-electron chi connectivity index (χ0n) is 21.2. The van der Waals surface area contributed by atoms with Gasteiger partial charge in [0.25, 0.3) is 0 Å². The van der Waals surface area contributed by atoms with Gasteiger partial charge in [0.1, 0.15) is 10.0 Å². The molecule has 0 saturated carbocycles. The summed E-state index contributed by atoms with van der Waals surface area (Å²) in [5, 5.41) is 2.99. The SMILES string of the molecule is Cc1ccc(-c2cc(Br)c(-n3ccnc3)s2)cc1.Clc1ccc(-c2cc(-n3ccnc3)c(-n3ccnc3)s2)cc1. The van der Waals surface area contributed by atoms with Gasteiger partial charge >= 0.3 is 0 Å². The van der Waals surface area contributed by atoms with Crippen molar-refractivity contribution in [2.24, 2.45) is 0 Å². The molecule has 0 radical (unpaired) electrons. The monoisotopic (exact) mass is 644 g/mol. The van der Waals surface area contributed by atoms with Crippen LogP contribution in [0.1, 0.15) is 5.56 Å². The Balaban J connectivity index is 0.000000148. The van der Waals surface area contributed by atoms with Crippen molar-refractivity contribution in [3.8, 4) is 36.6 Å². The fourth-order valence-electron chi connectivity index (χ4n) is 4.05. The van der Waals surface area contributed by atoms with Crippen LogP contribution in [-0.2, 0) is 0 Å². The second kappa shape index (κ2) is 11.8. The molecule has 0 N–H and O–H groups in total. The maximum atomic E-state index is 5.98. The van der Waals surface area contributed by atoms with Gasteiger partial charge in [-0.1, -0.05) is 53.6 Å². The van der Waals surface area contributed by atoms with Crippen molar-refractivity contribution in [3.05, 3.63) is 132 Å². The van der Waals surface area contributed by atoms with E-state index in [1.807, 2.05) is 62.9 Å². The highest BCUT2D eigenvalue weighted by atomic mass is 79.9. The average molecular weight is 646 g/mol. The van der Waals surface area contributed by atoms with E-state index in [1.165, 1.54) is 20.9 Å². The van der Waals surface area contributed by atoms with Gasteiger partial charge < -0.3 is 4.57 Å². The maximum Gasteiger partial charge on any atom is 0.125 e. The Morgan fingerprint density at radius 2 is 1.15 bits per heavy atom.